The van der Waals surface area contributed by atoms with Crippen molar-refractivity contribution >= 4 is 27.8 Å². The van der Waals surface area contributed by atoms with Gasteiger partial charge in [-0.15, -0.1) is 0 Å². The van der Waals surface area contributed by atoms with Gasteiger partial charge in [-0.1, -0.05) is 15.9 Å². The standard InChI is InChI=1S/C13H15BrFNO4/c1-13(2,6-12(18)19)16-11(17)7-20-10-4-3-8(14)5-9(10)15/h3-5H,6-7H2,1-2H3,(H,16,17)(H,18,19). The van der Waals surface area contributed by atoms with Gasteiger partial charge in [0.15, 0.2) is 18.2 Å². The Morgan fingerprint density at radius 2 is 2.10 bits per heavy atom. The number of carboxylic acids is 1. The lowest BCUT2D eigenvalue weighted by molar-refractivity contribution is -0.138. The Bertz CT molecular complexity index is 519. The molecule has 0 aliphatic rings. The van der Waals surface area contributed by atoms with Crippen LogP contribution >= 0.6 is 15.9 Å². The van der Waals surface area contributed by atoms with Crippen LogP contribution in [0.15, 0.2) is 22.7 Å². The number of ether oxygens (including phenoxy) is 1. The topological polar surface area (TPSA) is 75.6 Å². The summed E-state index contributed by atoms with van der Waals surface area (Å²) in [4.78, 5) is 22.2. The van der Waals surface area contributed by atoms with Crippen molar-refractivity contribution in [2.24, 2.45) is 0 Å². The highest BCUT2D eigenvalue weighted by molar-refractivity contribution is 9.10. The number of benzene rings is 1. The highest BCUT2D eigenvalue weighted by atomic mass is 79.9. The van der Waals surface area contributed by atoms with E-state index in [0.29, 0.717) is 4.47 Å². The SMILES string of the molecule is CC(C)(CC(=O)O)NC(=O)COc1ccc(Br)cc1F. The molecule has 0 fully saturated rings. The lowest BCUT2D eigenvalue weighted by Crippen LogP contribution is -2.46. The summed E-state index contributed by atoms with van der Waals surface area (Å²) in [5.41, 5.74) is -0.898. The number of nitrogens with one attached hydrogen (secondary N) is 1. The summed E-state index contributed by atoms with van der Waals surface area (Å²) in [6.07, 6.45) is -0.217. The molecule has 0 atom stereocenters. The Morgan fingerprint density at radius 1 is 1.45 bits per heavy atom. The molecule has 0 radical (unpaired) electrons. The van der Waals surface area contributed by atoms with Crippen molar-refractivity contribution in [3.8, 4) is 5.75 Å². The third-order valence-corrected chi connectivity index (χ3v) is 2.82. The van der Waals surface area contributed by atoms with Gasteiger partial charge in [0.05, 0.1) is 6.42 Å². The largest absolute Gasteiger partial charge is 0.481 e. The Balaban J connectivity index is 2.53. The molecule has 1 aromatic carbocycles. The molecule has 0 bridgehead atoms. The Labute approximate surface area is 124 Å². The molecule has 0 aliphatic carbocycles. The lowest BCUT2D eigenvalue weighted by Gasteiger charge is -2.24. The fraction of sp³-hybridized carbons (Fsp3) is 0.385. The fourth-order valence-corrected chi connectivity index (χ4v) is 1.90. The summed E-state index contributed by atoms with van der Waals surface area (Å²) in [5, 5.41) is 11.2. The van der Waals surface area contributed by atoms with Gasteiger partial charge in [0.1, 0.15) is 0 Å². The van der Waals surface area contributed by atoms with Crippen LogP contribution in [0.1, 0.15) is 20.3 Å². The third kappa shape index (κ3) is 5.56. The number of carbonyl (C=O) groups excluding carboxylic acids is 1. The van der Waals surface area contributed by atoms with Crippen molar-refractivity contribution in [3.63, 3.8) is 0 Å². The first-order valence-corrected chi connectivity index (χ1v) is 6.59. The van der Waals surface area contributed by atoms with Crippen LogP contribution in [0.25, 0.3) is 0 Å². The molecule has 0 aromatic heterocycles. The second-order valence-corrected chi connectivity index (χ2v) is 5.78. The molecule has 2 N–H and O–H groups in total. The van der Waals surface area contributed by atoms with Crippen LogP contribution < -0.4 is 10.1 Å². The van der Waals surface area contributed by atoms with Crippen LogP contribution in [0.4, 0.5) is 4.39 Å². The first kappa shape index (κ1) is 16.4. The minimum absolute atomic E-state index is 0.0422. The fourth-order valence-electron chi connectivity index (χ4n) is 1.57. The number of halogens is 2. The summed E-state index contributed by atoms with van der Waals surface area (Å²) in [6.45, 7) is 2.78. The number of hydrogen-bond acceptors (Lipinski definition) is 3. The lowest BCUT2D eigenvalue weighted by atomic mass is 10.0. The van der Waals surface area contributed by atoms with Gasteiger partial charge >= 0.3 is 5.97 Å². The minimum atomic E-state index is -1.02. The summed E-state index contributed by atoms with van der Waals surface area (Å²) in [6, 6.07) is 4.21. The van der Waals surface area contributed by atoms with Gasteiger partial charge in [-0.05, 0) is 32.0 Å². The number of hydrogen-bond donors (Lipinski definition) is 2. The number of carboxylic acid groups (broad SMARTS) is 1. The first-order valence-electron chi connectivity index (χ1n) is 5.80. The van der Waals surface area contributed by atoms with E-state index in [2.05, 4.69) is 21.2 Å². The Hall–Kier alpha value is -1.63. The summed E-state index contributed by atoms with van der Waals surface area (Å²) >= 11 is 3.11. The maximum absolute atomic E-state index is 13.4. The van der Waals surface area contributed by atoms with Crippen LogP contribution in [0.3, 0.4) is 0 Å². The van der Waals surface area contributed by atoms with Crippen molar-refractivity contribution < 1.29 is 23.8 Å². The zero-order chi connectivity index (χ0) is 15.3. The zero-order valence-electron chi connectivity index (χ0n) is 11.1. The quantitative estimate of drug-likeness (QED) is 0.828. The van der Waals surface area contributed by atoms with Crippen LogP contribution in [0, 0.1) is 5.82 Å². The van der Waals surface area contributed by atoms with Gasteiger partial charge in [0.2, 0.25) is 0 Å². The number of aliphatic carboxylic acids is 1. The van der Waals surface area contributed by atoms with E-state index < -0.39 is 23.2 Å². The molecule has 0 unspecified atom stereocenters. The minimum Gasteiger partial charge on any atom is -0.481 e. The van der Waals surface area contributed by atoms with Crippen molar-refractivity contribution in [2.75, 3.05) is 6.61 Å². The van der Waals surface area contributed by atoms with Gasteiger partial charge in [-0.2, -0.15) is 0 Å². The molecular weight excluding hydrogens is 333 g/mol. The predicted octanol–water partition coefficient (Wildman–Crippen LogP) is 2.34. The van der Waals surface area contributed by atoms with Crippen molar-refractivity contribution in [3.05, 3.63) is 28.5 Å². The van der Waals surface area contributed by atoms with E-state index in [1.807, 2.05) is 0 Å². The highest BCUT2D eigenvalue weighted by Crippen LogP contribution is 2.21. The molecule has 1 rings (SSSR count). The number of rotatable bonds is 6. The second kappa shape index (κ2) is 6.69. The summed E-state index contributed by atoms with van der Waals surface area (Å²) in [7, 11) is 0. The van der Waals surface area contributed by atoms with E-state index in [1.165, 1.54) is 12.1 Å². The Kier molecular flexibility index (Phi) is 5.50. The van der Waals surface area contributed by atoms with Crippen LogP contribution in [0.2, 0.25) is 0 Å². The van der Waals surface area contributed by atoms with Gasteiger partial charge in [-0.3, -0.25) is 9.59 Å². The maximum atomic E-state index is 13.4. The summed E-state index contributed by atoms with van der Waals surface area (Å²) in [5.74, 6) is -2.16. The normalized spacial score (nSPS) is 11.0. The Morgan fingerprint density at radius 3 is 2.65 bits per heavy atom. The van der Waals surface area contributed by atoms with E-state index in [9.17, 15) is 14.0 Å². The molecule has 0 saturated heterocycles. The molecule has 20 heavy (non-hydrogen) atoms. The van der Waals surface area contributed by atoms with E-state index in [-0.39, 0.29) is 18.8 Å². The van der Waals surface area contributed by atoms with Gasteiger partial charge in [0.25, 0.3) is 5.91 Å². The highest BCUT2D eigenvalue weighted by Gasteiger charge is 2.24. The van der Waals surface area contributed by atoms with E-state index >= 15 is 0 Å². The maximum Gasteiger partial charge on any atom is 0.305 e. The summed E-state index contributed by atoms with van der Waals surface area (Å²) < 4.78 is 19.1. The molecule has 0 saturated carbocycles. The molecule has 0 heterocycles. The predicted molar refractivity (Wildman–Crippen MR) is 74.1 cm³/mol. The van der Waals surface area contributed by atoms with Crippen molar-refractivity contribution in [2.45, 2.75) is 25.8 Å². The third-order valence-electron chi connectivity index (χ3n) is 2.32. The van der Waals surface area contributed by atoms with Gasteiger partial charge in [0, 0.05) is 10.0 Å². The van der Waals surface area contributed by atoms with Crippen molar-refractivity contribution in [1.29, 1.82) is 0 Å². The molecule has 0 aliphatic heterocycles. The van der Waals surface area contributed by atoms with Crippen LogP contribution in [0.5, 0.6) is 5.75 Å². The number of carbonyl (C=O) groups is 2. The van der Waals surface area contributed by atoms with Crippen LogP contribution in [-0.2, 0) is 9.59 Å². The molecule has 1 amide bonds. The average Bonchev–Trinajstić information content (AvgIpc) is 2.24. The van der Waals surface area contributed by atoms with Crippen molar-refractivity contribution in [1.82, 2.24) is 5.32 Å². The van der Waals surface area contributed by atoms with Crippen LogP contribution in [-0.4, -0.2) is 29.1 Å². The van der Waals surface area contributed by atoms with E-state index in [4.69, 9.17) is 9.84 Å². The first-order chi connectivity index (χ1) is 9.19. The average molecular weight is 348 g/mol. The molecular formula is C13H15BrFNO4. The molecule has 7 heteroatoms. The van der Waals surface area contributed by atoms with Gasteiger partial charge < -0.3 is 15.2 Å². The second-order valence-electron chi connectivity index (χ2n) is 4.87. The molecule has 5 nitrogen and oxygen atoms in total. The number of amides is 1. The molecule has 0 spiro atoms. The monoisotopic (exact) mass is 347 g/mol. The zero-order valence-corrected chi connectivity index (χ0v) is 12.7. The molecule has 1 aromatic rings. The van der Waals surface area contributed by atoms with Gasteiger partial charge in [-0.25, -0.2) is 4.39 Å². The van der Waals surface area contributed by atoms with E-state index in [0.717, 1.165) is 0 Å². The smallest absolute Gasteiger partial charge is 0.305 e. The molecule has 110 valence electrons. The van der Waals surface area contributed by atoms with E-state index in [1.54, 1.807) is 19.9 Å².